The molecule has 6 nitrogen and oxygen atoms in total. The van der Waals surface area contributed by atoms with Crippen LogP contribution in [0.3, 0.4) is 0 Å². The molecule has 126 valence electrons. The van der Waals surface area contributed by atoms with Crippen molar-refractivity contribution in [3.8, 4) is 11.4 Å². The Morgan fingerprint density at radius 3 is 2.83 bits per heavy atom. The lowest BCUT2D eigenvalue weighted by Crippen LogP contribution is -2.38. The monoisotopic (exact) mass is 326 g/mol. The van der Waals surface area contributed by atoms with Gasteiger partial charge in [-0.05, 0) is 37.1 Å². The largest absolute Gasteiger partial charge is 0.497 e. The van der Waals surface area contributed by atoms with Crippen LogP contribution < -0.4 is 10.1 Å². The van der Waals surface area contributed by atoms with Gasteiger partial charge in [0.15, 0.2) is 0 Å². The molecule has 2 saturated heterocycles. The molecule has 1 N–H and O–H groups in total. The average Bonchev–Trinajstić information content (AvgIpc) is 3.16. The van der Waals surface area contributed by atoms with Crippen molar-refractivity contribution in [2.24, 2.45) is 0 Å². The standard InChI is InChI=1S/C18H22N4O2/c1-24-16-6-4-13(5-7-16)21-9-8-19-17(21)12-22-14-2-3-15(22)11-20-18(23)10-14/h4-9,14-15H,2-3,10-12H2,1H3,(H,20,23)/t14-,15+/m0/s1. The molecule has 4 rings (SSSR count). The lowest BCUT2D eigenvalue weighted by molar-refractivity contribution is -0.121. The summed E-state index contributed by atoms with van der Waals surface area (Å²) < 4.78 is 7.34. The number of benzene rings is 1. The van der Waals surface area contributed by atoms with Crippen LogP contribution in [0.4, 0.5) is 0 Å². The summed E-state index contributed by atoms with van der Waals surface area (Å²) >= 11 is 0. The summed E-state index contributed by atoms with van der Waals surface area (Å²) in [6, 6.07) is 8.73. The van der Waals surface area contributed by atoms with Gasteiger partial charge in [0, 0.05) is 43.1 Å². The third-order valence-corrected chi connectivity index (χ3v) is 5.12. The second-order valence-corrected chi connectivity index (χ2v) is 6.48. The summed E-state index contributed by atoms with van der Waals surface area (Å²) in [6.07, 6.45) is 6.66. The number of rotatable bonds is 4. The van der Waals surface area contributed by atoms with Crippen molar-refractivity contribution in [1.82, 2.24) is 19.8 Å². The highest BCUT2D eigenvalue weighted by Gasteiger charge is 2.37. The number of carbonyl (C=O) groups excluding carboxylic acids is 1. The SMILES string of the molecule is COc1ccc(-n2ccnc2CN2[C@@H]3CC[C@H]2CC(=O)NC3)cc1. The Morgan fingerprint density at radius 2 is 2.04 bits per heavy atom. The molecule has 1 aromatic heterocycles. The molecule has 0 unspecified atom stereocenters. The number of hydrogen-bond donors (Lipinski definition) is 1. The second kappa shape index (κ2) is 6.28. The Hall–Kier alpha value is -2.34. The number of carbonyl (C=O) groups is 1. The fraction of sp³-hybridized carbons (Fsp3) is 0.444. The van der Waals surface area contributed by atoms with Crippen LogP contribution in [0.1, 0.15) is 25.1 Å². The Labute approximate surface area is 141 Å². The van der Waals surface area contributed by atoms with E-state index in [1.54, 1.807) is 7.11 Å². The molecular weight excluding hydrogens is 304 g/mol. The highest BCUT2D eigenvalue weighted by Crippen LogP contribution is 2.30. The van der Waals surface area contributed by atoms with Crippen LogP contribution >= 0.6 is 0 Å². The van der Waals surface area contributed by atoms with Crippen molar-refractivity contribution in [2.75, 3.05) is 13.7 Å². The molecule has 0 aliphatic carbocycles. The molecule has 2 bridgehead atoms. The Morgan fingerprint density at radius 1 is 1.25 bits per heavy atom. The number of nitrogens with zero attached hydrogens (tertiary/aromatic N) is 3. The first-order valence-corrected chi connectivity index (χ1v) is 8.43. The topological polar surface area (TPSA) is 59.4 Å². The van der Waals surface area contributed by atoms with Gasteiger partial charge in [0.25, 0.3) is 0 Å². The number of methoxy groups -OCH3 is 1. The summed E-state index contributed by atoms with van der Waals surface area (Å²) in [5.41, 5.74) is 1.07. The van der Waals surface area contributed by atoms with Gasteiger partial charge >= 0.3 is 0 Å². The zero-order chi connectivity index (χ0) is 16.5. The molecular formula is C18H22N4O2. The molecule has 0 radical (unpaired) electrons. The normalized spacial score (nSPS) is 23.8. The maximum Gasteiger partial charge on any atom is 0.221 e. The number of nitrogens with one attached hydrogen (secondary N) is 1. The van der Waals surface area contributed by atoms with Gasteiger partial charge in [-0.2, -0.15) is 0 Å². The van der Waals surface area contributed by atoms with Crippen LogP contribution in [0.5, 0.6) is 5.75 Å². The first-order chi connectivity index (χ1) is 11.7. The first-order valence-electron chi connectivity index (χ1n) is 8.43. The van der Waals surface area contributed by atoms with E-state index >= 15 is 0 Å². The number of aromatic nitrogens is 2. The van der Waals surface area contributed by atoms with Crippen molar-refractivity contribution in [3.63, 3.8) is 0 Å². The number of amides is 1. The van der Waals surface area contributed by atoms with Crippen molar-refractivity contribution < 1.29 is 9.53 Å². The Kier molecular flexibility index (Phi) is 3.98. The van der Waals surface area contributed by atoms with E-state index < -0.39 is 0 Å². The van der Waals surface area contributed by atoms with Gasteiger partial charge in [-0.15, -0.1) is 0 Å². The lowest BCUT2D eigenvalue weighted by atomic mass is 10.1. The molecule has 2 aliphatic heterocycles. The summed E-state index contributed by atoms with van der Waals surface area (Å²) in [5.74, 6) is 2.02. The minimum absolute atomic E-state index is 0.172. The fourth-order valence-electron chi connectivity index (χ4n) is 3.82. The van der Waals surface area contributed by atoms with Gasteiger partial charge < -0.3 is 14.6 Å². The van der Waals surface area contributed by atoms with Crippen LogP contribution in [0.2, 0.25) is 0 Å². The van der Waals surface area contributed by atoms with E-state index in [4.69, 9.17) is 4.74 Å². The fourth-order valence-corrected chi connectivity index (χ4v) is 3.82. The quantitative estimate of drug-likeness (QED) is 0.930. The number of ether oxygens (including phenoxy) is 1. The van der Waals surface area contributed by atoms with Gasteiger partial charge in [0.2, 0.25) is 5.91 Å². The van der Waals surface area contributed by atoms with E-state index in [-0.39, 0.29) is 5.91 Å². The van der Waals surface area contributed by atoms with E-state index in [1.807, 2.05) is 36.7 Å². The van der Waals surface area contributed by atoms with Crippen molar-refractivity contribution in [1.29, 1.82) is 0 Å². The molecule has 0 spiro atoms. The molecule has 6 heteroatoms. The maximum absolute atomic E-state index is 11.8. The first kappa shape index (κ1) is 15.2. The molecule has 1 amide bonds. The molecule has 0 saturated carbocycles. The second-order valence-electron chi connectivity index (χ2n) is 6.48. The lowest BCUT2D eigenvalue weighted by Gasteiger charge is -2.26. The molecule has 3 heterocycles. The van der Waals surface area contributed by atoms with E-state index in [0.29, 0.717) is 18.5 Å². The van der Waals surface area contributed by atoms with E-state index in [1.165, 1.54) is 0 Å². The zero-order valence-electron chi connectivity index (χ0n) is 13.8. The van der Waals surface area contributed by atoms with Gasteiger partial charge in [-0.1, -0.05) is 0 Å². The summed E-state index contributed by atoms with van der Waals surface area (Å²) in [6.45, 7) is 1.52. The van der Waals surface area contributed by atoms with Crippen molar-refractivity contribution >= 4 is 5.91 Å². The van der Waals surface area contributed by atoms with E-state index in [2.05, 4.69) is 19.8 Å². The van der Waals surface area contributed by atoms with Gasteiger partial charge in [0.1, 0.15) is 11.6 Å². The third kappa shape index (κ3) is 2.78. The van der Waals surface area contributed by atoms with Crippen LogP contribution in [-0.2, 0) is 11.3 Å². The molecule has 24 heavy (non-hydrogen) atoms. The Balaban J connectivity index is 1.57. The molecule has 2 atom stereocenters. The highest BCUT2D eigenvalue weighted by atomic mass is 16.5. The summed E-state index contributed by atoms with van der Waals surface area (Å²) in [4.78, 5) is 18.8. The third-order valence-electron chi connectivity index (χ3n) is 5.12. The summed E-state index contributed by atoms with van der Waals surface area (Å²) in [5, 5.41) is 3.02. The van der Waals surface area contributed by atoms with Gasteiger partial charge in [-0.3, -0.25) is 9.69 Å². The van der Waals surface area contributed by atoms with Gasteiger partial charge in [-0.25, -0.2) is 4.98 Å². The van der Waals surface area contributed by atoms with E-state index in [9.17, 15) is 4.79 Å². The predicted molar refractivity (Wildman–Crippen MR) is 90.1 cm³/mol. The summed E-state index contributed by atoms with van der Waals surface area (Å²) in [7, 11) is 1.67. The molecule has 2 aromatic rings. The number of fused-ring (bicyclic) bond motifs is 2. The number of imidazole rings is 1. The molecule has 2 aliphatic rings. The number of hydrogen-bond acceptors (Lipinski definition) is 4. The minimum atomic E-state index is 0.172. The van der Waals surface area contributed by atoms with Crippen molar-refractivity contribution in [3.05, 3.63) is 42.5 Å². The van der Waals surface area contributed by atoms with Crippen LogP contribution in [0.15, 0.2) is 36.7 Å². The van der Waals surface area contributed by atoms with Crippen molar-refractivity contribution in [2.45, 2.75) is 37.9 Å². The van der Waals surface area contributed by atoms with Crippen LogP contribution in [-0.4, -0.2) is 46.1 Å². The molecule has 1 aromatic carbocycles. The van der Waals surface area contributed by atoms with E-state index in [0.717, 1.165) is 43.2 Å². The maximum atomic E-state index is 11.8. The van der Waals surface area contributed by atoms with Gasteiger partial charge in [0.05, 0.1) is 13.7 Å². The zero-order valence-corrected chi connectivity index (χ0v) is 13.8. The van der Waals surface area contributed by atoms with Crippen LogP contribution in [0.25, 0.3) is 5.69 Å². The predicted octanol–water partition coefficient (Wildman–Crippen LogP) is 1.73. The highest BCUT2D eigenvalue weighted by molar-refractivity contribution is 5.77. The minimum Gasteiger partial charge on any atom is -0.497 e. The average molecular weight is 326 g/mol. The molecule has 2 fully saturated rings. The Bertz CT molecular complexity index is 725. The smallest absolute Gasteiger partial charge is 0.221 e. The van der Waals surface area contributed by atoms with Crippen LogP contribution in [0, 0.1) is 0 Å².